The molecule has 1 nitrogen and oxygen atoms in total. The van der Waals surface area contributed by atoms with Crippen molar-refractivity contribution in [3.8, 4) is 0 Å². The average molecular weight is 202 g/mol. The lowest BCUT2D eigenvalue weighted by Gasteiger charge is -1.99. The summed E-state index contributed by atoms with van der Waals surface area (Å²) in [6.45, 7) is 4.33. The first-order chi connectivity index (χ1) is 7.43. The highest BCUT2D eigenvalue weighted by molar-refractivity contribution is 5.13. The molecule has 15 heavy (non-hydrogen) atoms. The maximum Gasteiger partial charge on any atom is 0.112 e. The minimum absolute atomic E-state index is 0.652. The van der Waals surface area contributed by atoms with Gasteiger partial charge in [0.25, 0.3) is 0 Å². The topological polar surface area (TPSA) is 9.23 Å². The van der Waals surface area contributed by atoms with Crippen LogP contribution in [0, 0.1) is 0 Å². The first kappa shape index (κ1) is 11.6. The summed E-state index contributed by atoms with van der Waals surface area (Å²) in [5, 5.41) is 0. The molecule has 0 saturated heterocycles. The van der Waals surface area contributed by atoms with Crippen LogP contribution in [0.4, 0.5) is 0 Å². The third-order valence-electron chi connectivity index (χ3n) is 2.06. The Morgan fingerprint density at radius 1 is 1.13 bits per heavy atom. The molecule has 0 aliphatic carbocycles. The van der Waals surface area contributed by atoms with Gasteiger partial charge in [-0.1, -0.05) is 36.4 Å². The molecule has 1 heteroatoms. The molecule has 0 N–H and O–H groups in total. The average Bonchev–Trinajstić information content (AvgIpc) is 2.29. The van der Waals surface area contributed by atoms with E-state index in [1.807, 2.05) is 24.3 Å². The van der Waals surface area contributed by atoms with Crippen LogP contribution in [0.25, 0.3) is 0 Å². The molecule has 0 amide bonds. The van der Waals surface area contributed by atoms with Crippen LogP contribution in [0.5, 0.6) is 0 Å². The number of allylic oxidation sites excluding steroid dienone is 2. The molecule has 1 aromatic carbocycles. The number of hydrogen-bond acceptors (Lipinski definition) is 1. The van der Waals surface area contributed by atoms with Gasteiger partial charge in [-0.15, -0.1) is 6.58 Å². The van der Waals surface area contributed by atoms with E-state index in [4.69, 9.17) is 4.74 Å². The Labute approximate surface area is 92.1 Å². The summed E-state index contributed by atoms with van der Waals surface area (Å²) in [5.41, 5.74) is 1.20. The smallest absolute Gasteiger partial charge is 0.112 e. The van der Waals surface area contributed by atoms with Crippen molar-refractivity contribution in [2.45, 2.75) is 25.9 Å². The van der Waals surface area contributed by atoms with Crippen molar-refractivity contribution in [2.75, 3.05) is 0 Å². The quantitative estimate of drug-likeness (QED) is 0.368. The second-order valence-corrected chi connectivity index (χ2v) is 3.39. The van der Waals surface area contributed by atoms with Crippen LogP contribution in [-0.2, 0) is 11.3 Å². The predicted octanol–water partition coefficient (Wildman–Crippen LogP) is 4.07. The zero-order valence-corrected chi connectivity index (χ0v) is 9.06. The van der Waals surface area contributed by atoms with Crippen LogP contribution in [0.15, 0.2) is 55.3 Å². The third-order valence-corrected chi connectivity index (χ3v) is 2.06. The lowest BCUT2D eigenvalue weighted by molar-refractivity contribution is 0.235. The monoisotopic (exact) mass is 202 g/mol. The molecular weight excluding hydrogens is 184 g/mol. The number of ether oxygens (including phenoxy) is 1. The van der Waals surface area contributed by atoms with E-state index in [2.05, 4.69) is 24.8 Å². The SMILES string of the molecule is C=CCCCC=COCc1ccccc1. The van der Waals surface area contributed by atoms with Crippen LogP contribution in [0.1, 0.15) is 24.8 Å². The normalized spacial score (nSPS) is 10.4. The van der Waals surface area contributed by atoms with E-state index < -0.39 is 0 Å². The molecule has 80 valence electrons. The van der Waals surface area contributed by atoms with Gasteiger partial charge in [0.15, 0.2) is 0 Å². The summed E-state index contributed by atoms with van der Waals surface area (Å²) in [7, 11) is 0. The maximum absolute atomic E-state index is 5.39. The summed E-state index contributed by atoms with van der Waals surface area (Å²) in [5.74, 6) is 0. The molecule has 0 aliphatic rings. The van der Waals surface area contributed by atoms with E-state index in [0.29, 0.717) is 6.61 Å². The van der Waals surface area contributed by atoms with Gasteiger partial charge in [0.05, 0.1) is 6.26 Å². The standard InChI is InChI=1S/C14H18O/c1-2-3-4-5-9-12-15-13-14-10-7-6-8-11-14/h2,6-12H,1,3-5,13H2. The highest BCUT2D eigenvalue weighted by Gasteiger charge is 1.87. The zero-order valence-electron chi connectivity index (χ0n) is 9.06. The number of unbranched alkanes of at least 4 members (excludes halogenated alkanes) is 2. The van der Waals surface area contributed by atoms with Gasteiger partial charge >= 0.3 is 0 Å². The first-order valence-electron chi connectivity index (χ1n) is 5.35. The summed E-state index contributed by atoms with van der Waals surface area (Å²) in [6.07, 6.45) is 9.07. The lowest BCUT2D eigenvalue weighted by atomic mass is 10.2. The maximum atomic E-state index is 5.39. The highest BCUT2D eigenvalue weighted by atomic mass is 16.5. The predicted molar refractivity (Wildman–Crippen MR) is 64.4 cm³/mol. The molecular formula is C14H18O. The molecule has 0 spiro atoms. The molecule has 0 bridgehead atoms. The number of hydrogen-bond donors (Lipinski definition) is 0. The Hall–Kier alpha value is -1.50. The second kappa shape index (κ2) is 7.86. The van der Waals surface area contributed by atoms with Crippen molar-refractivity contribution in [3.63, 3.8) is 0 Å². The van der Waals surface area contributed by atoms with Crippen molar-refractivity contribution in [1.29, 1.82) is 0 Å². The molecule has 1 rings (SSSR count). The fourth-order valence-corrected chi connectivity index (χ4v) is 1.23. The van der Waals surface area contributed by atoms with Gasteiger partial charge in [0.1, 0.15) is 6.61 Å². The largest absolute Gasteiger partial charge is 0.497 e. The minimum Gasteiger partial charge on any atom is -0.497 e. The van der Waals surface area contributed by atoms with Crippen LogP contribution >= 0.6 is 0 Å². The van der Waals surface area contributed by atoms with Gasteiger partial charge < -0.3 is 4.74 Å². The molecule has 0 saturated carbocycles. The molecule has 0 aromatic heterocycles. The van der Waals surface area contributed by atoms with Crippen molar-refractivity contribution >= 4 is 0 Å². The summed E-state index contributed by atoms with van der Waals surface area (Å²) >= 11 is 0. The van der Waals surface area contributed by atoms with E-state index in [1.54, 1.807) is 6.26 Å². The molecule has 0 unspecified atom stereocenters. The third kappa shape index (κ3) is 5.74. The van der Waals surface area contributed by atoms with Gasteiger partial charge in [0.2, 0.25) is 0 Å². The van der Waals surface area contributed by atoms with Gasteiger partial charge in [-0.2, -0.15) is 0 Å². The second-order valence-electron chi connectivity index (χ2n) is 3.39. The molecule has 0 fully saturated rings. The van der Waals surface area contributed by atoms with Crippen molar-refractivity contribution < 1.29 is 4.74 Å². The van der Waals surface area contributed by atoms with Crippen LogP contribution in [0.3, 0.4) is 0 Å². The van der Waals surface area contributed by atoms with Gasteiger partial charge in [-0.05, 0) is 30.9 Å². The molecule has 1 aromatic rings. The lowest BCUT2D eigenvalue weighted by Crippen LogP contribution is -1.84. The van der Waals surface area contributed by atoms with E-state index in [9.17, 15) is 0 Å². The summed E-state index contributed by atoms with van der Waals surface area (Å²) in [6, 6.07) is 10.2. The zero-order chi connectivity index (χ0) is 10.8. The Morgan fingerprint density at radius 3 is 2.67 bits per heavy atom. The van der Waals surface area contributed by atoms with Crippen LogP contribution in [-0.4, -0.2) is 0 Å². The number of benzene rings is 1. The van der Waals surface area contributed by atoms with E-state index in [-0.39, 0.29) is 0 Å². The molecule has 0 aliphatic heterocycles. The minimum atomic E-state index is 0.652. The van der Waals surface area contributed by atoms with Gasteiger partial charge in [-0.3, -0.25) is 0 Å². The fourth-order valence-electron chi connectivity index (χ4n) is 1.23. The Kier molecular flexibility index (Phi) is 6.07. The van der Waals surface area contributed by atoms with Crippen molar-refractivity contribution in [1.82, 2.24) is 0 Å². The first-order valence-corrected chi connectivity index (χ1v) is 5.35. The Balaban J connectivity index is 2.08. The summed E-state index contributed by atoms with van der Waals surface area (Å²) in [4.78, 5) is 0. The van der Waals surface area contributed by atoms with Gasteiger partial charge in [-0.25, -0.2) is 0 Å². The van der Waals surface area contributed by atoms with E-state index in [0.717, 1.165) is 19.3 Å². The van der Waals surface area contributed by atoms with Crippen molar-refractivity contribution in [3.05, 3.63) is 60.9 Å². The van der Waals surface area contributed by atoms with E-state index in [1.165, 1.54) is 5.56 Å². The molecule has 0 atom stereocenters. The molecule has 0 heterocycles. The highest BCUT2D eigenvalue weighted by Crippen LogP contribution is 2.02. The van der Waals surface area contributed by atoms with Crippen LogP contribution < -0.4 is 0 Å². The Bertz CT molecular complexity index is 287. The van der Waals surface area contributed by atoms with Crippen LogP contribution in [0.2, 0.25) is 0 Å². The van der Waals surface area contributed by atoms with Gasteiger partial charge in [0, 0.05) is 0 Å². The Morgan fingerprint density at radius 2 is 1.93 bits per heavy atom. The fraction of sp³-hybridized carbons (Fsp3) is 0.286. The number of rotatable bonds is 7. The summed E-state index contributed by atoms with van der Waals surface area (Å²) < 4.78 is 5.39. The molecule has 0 radical (unpaired) electrons. The van der Waals surface area contributed by atoms with Crippen molar-refractivity contribution in [2.24, 2.45) is 0 Å². The van der Waals surface area contributed by atoms with E-state index >= 15 is 0 Å².